The Labute approximate surface area is 109 Å². The molecule has 0 spiro atoms. The van der Waals surface area contributed by atoms with Gasteiger partial charge in [0.2, 0.25) is 0 Å². The van der Waals surface area contributed by atoms with E-state index in [1.54, 1.807) is 32.0 Å². The number of aliphatic hydroxyl groups is 1. The largest absolute Gasteiger partial charge is 0.389 e. The van der Waals surface area contributed by atoms with Crippen molar-refractivity contribution in [3.05, 3.63) is 51.8 Å². The maximum absolute atomic E-state index is 11.0. The molecule has 1 heterocycles. The molecule has 6 nitrogen and oxygen atoms in total. The third-order valence-electron chi connectivity index (χ3n) is 2.81. The minimum atomic E-state index is -0.667. The molecule has 98 valence electrons. The van der Waals surface area contributed by atoms with Crippen molar-refractivity contribution in [3.63, 3.8) is 0 Å². The average Bonchev–Trinajstić information content (AvgIpc) is 2.38. The van der Waals surface area contributed by atoms with Crippen LogP contribution < -0.4 is 0 Å². The topological polar surface area (TPSA) is 89.2 Å². The van der Waals surface area contributed by atoms with Crippen molar-refractivity contribution in [2.45, 2.75) is 20.0 Å². The Morgan fingerprint density at radius 3 is 2.63 bits per heavy atom. The molecule has 0 saturated heterocycles. The molecule has 1 atom stereocenters. The normalized spacial score (nSPS) is 12.2. The van der Waals surface area contributed by atoms with Crippen LogP contribution in [0.25, 0.3) is 11.4 Å². The van der Waals surface area contributed by atoms with Gasteiger partial charge >= 0.3 is 0 Å². The van der Waals surface area contributed by atoms with Gasteiger partial charge in [0.1, 0.15) is 0 Å². The van der Waals surface area contributed by atoms with E-state index in [0.29, 0.717) is 16.8 Å². The van der Waals surface area contributed by atoms with Crippen LogP contribution in [-0.2, 0) is 0 Å². The summed E-state index contributed by atoms with van der Waals surface area (Å²) in [6.45, 7) is 3.36. The number of aromatic nitrogens is 2. The van der Waals surface area contributed by atoms with Gasteiger partial charge < -0.3 is 5.11 Å². The smallest absolute Gasteiger partial charge is 0.280 e. The lowest BCUT2D eigenvalue weighted by Crippen LogP contribution is -2.02. The molecule has 2 rings (SSSR count). The summed E-state index contributed by atoms with van der Waals surface area (Å²) in [4.78, 5) is 18.8. The molecule has 6 heteroatoms. The Morgan fingerprint density at radius 1 is 1.37 bits per heavy atom. The Hall–Kier alpha value is -2.34. The highest BCUT2D eigenvalue weighted by Gasteiger charge is 2.17. The molecule has 0 aliphatic carbocycles. The predicted molar refractivity (Wildman–Crippen MR) is 69.5 cm³/mol. The van der Waals surface area contributed by atoms with E-state index < -0.39 is 11.0 Å². The van der Waals surface area contributed by atoms with E-state index in [4.69, 9.17) is 0 Å². The number of aryl methyl sites for hydroxylation is 1. The van der Waals surface area contributed by atoms with Gasteiger partial charge in [0.25, 0.3) is 5.69 Å². The number of nitro groups is 1. The standard InChI is InChI=1S/C13H13N3O3/c1-8-11(9(2)17)7-14-13(15-8)10-5-3-4-6-12(10)16(18)19/h3-7,9,17H,1-2H3/t9-/m1/s1. The number of nitrogens with zero attached hydrogens (tertiary/aromatic N) is 3. The van der Waals surface area contributed by atoms with Crippen LogP contribution in [0.3, 0.4) is 0 Å². The molecular weight excluding hydrogens is 246 g/mol. The first-order valence-corrected chi connectivity index (χ1v) is 5.76. The highest BCUT2D eigenvalue weighted by molar-refractivity contribution is 5.67. The van der Waals surface area contributed by atoms with Gasteiger partial charge in [0.05, 0.1) is 16.6 Å². The first kappa shape index (κ1) is 13.1. The zero-order chi connectivity index (χ0) is 14.0. The number of rotatable bonds is 3. The van der Waals surface area contributed by atoms with Gasteiger partial charge in [0.15, 0.2) is 5.82 Å². The van der Waals surface area contributed by atoms with Gasteiger partial charge in [-0.3, -0.25) is 10.1 Å². The van der Waals surface area contributed by atoms with Crippen LogP contribution in [0.2, 0.25) is 0 Å². The van der Waals surface area contributed by atoms with Gasteiger partial charge in [0, 0.05) is 23.5 Å². The molecule has 0 aliphatic heterocycles. The van der Waals surface area contributed by atoms with Crippen molar-refractivity contribution in [1.29, 1.82) is 0 Å². The first-order valence-electron chi connectivity index (χ1n) is 5.76. The molecule has 19 heavy (non-hydrogen) atoms. The Balaban J connectivity index is 2.54. The average molecular weight is 259 g/mol. The molecule has 0 fully saturated rings. The second-order valence-electron chi connectivity index (χ2n) is 4.18. The van der Waals surface area contributed by atoms with Gasteiger partial charge in [-0.05, 0) is 19.9 Å². The molecule has 0 aliphatic rings. The van der Waals surface area contributed by atoms with Crippen LogP contribution in [0.5, 0.6) is 0 Å². The van der Waals surface area contributed by atoms with E-state index in [-0.39, 0.29) is 11.5 Å². The van der Waals surface area contributed by atoms with Crippen LogP contribution in [0.15, 0.2) is 30.5 Å². The number of aliphatic hydroxyl groups excluding tert-OH is 1. The van der Waals surface area contributed by atoms with E-state index in [1.807, 2.05) is 0 Å². The maximum Gasteiger partial charge on any atom is 0.280 e. The highest BCUT2D eigenvalue weighted by Crippen LogP contribution is 2.27. The summed E-state index contributed by atoms with van der Waals surface area (Å²) >= 11 is 0. The van der Waals surface area contributed by atoms with Crippen molar-refractivity contribution in [3.8, 4) is 11.4 Å². The van der Waals surface area contributed by atoms with Crippen LogP contribution in [-0.4, -0.2) is 20.0 Å². The molecule has 0 unspecified atom stereocenters. The van der Waals surface area contributed by atoms with E-state index >= 15 is 0 Å². The molecule has 0 saturated carbocycles. The molecule has 0 amide bonds. The fraction of sp³-hybridized carbons (Fsp3) is 0.231. The third-order valence-corrected chi connectivity index (χ3v) is 2.81. The van der Waals surface area contributed by atoms with Crippen LogP contribution in [0.1, 0.15) is 24.3 Å². The zero-order valence-electron chi connectivity index (χ0n) is 10.6. The van der Waals surface area contributed by atoms with Gasteiger partial charge in [-0.15, -0.1) is 0 Å². The summed E-state index contributed by atoms with van der Waals surface area (Å²) < 4.78 is 0. The zero-order valence-corrected chi connectivity index (χ0v) is 10.6. The lowest BCUT2D eigenvalue weighted by molar-refractivity contribution is -0.384. The Bertz CT molecular complexity index is 626. The number of hydrogen-bond donors (Lipinski definition) is 1. The lowest BCUT2D eigenvalue weighted by atomic mass is 10.1. The van der Waals surface area contributed by atoms with E-state index in [2.05, 4.69) is 9.97 Å². The minimum Gasteiger partial charge on any atom is -0.389 e. The van der Waals surface area contributed by atoms with Crippen molar-refractivity contribution < 1.29 is 10.0 Å². The third kappa shape index (κ3) is 2.58. The number of para-hydroxylation sites is 1. The molecule has 1 aromatic carbocycles. The van der Waals surface area contributed by atoms with Gasteiger partial charge in [-0.25, -0.2) is 9.97 Å². The van der Waals surface area contributed by atoms with Crippen molar-refractivity contribution in [2.24, 2.45) is 0 Å². The molecule has 2 aromatic rings. The highest BCUT2D eigenvalue weighted by atomic mass is 16.6. The SMILES string of the molecule is Cc1nc(-c2ccccc2[N+](=O)[O-])ncc1[C@@H](C)O. The summed E-state index contributed by atoms with van der Waals surface area (Å²) in [5.74, 6) is 0.286. The van der Waals surface area contributed by atoms with Crippen molar-refractivity contribution in [2.75, 3.05) is 0 Å². The predicted octanol–water partition coefficient (Wildman–Crippen LogP) is 2.41. The summed E-state index contributed by atoms with van der Waals surface area (Å²) in [6.07, 6.45) is 0.832. The molecule has 0 bridgehead atoms. The lowest BCUT2D eigenvalue weighted by Gasteiger charge is -2.09. The van der Waals surface area contributed by atoms with E-state index in [0.717, 1.165) is 0 Å². The number of hydrogen-bond acceptors (Lipinski definition) is 5. The van der Waals surface area contributed by atoms with Crippen LogP contribution >= 0.6 is 0 Å². The molecule has 0 radical (unpaired) electrons. The monoisotopic (exact) mass is 259 g/mol. The quantitative estimate of drug-likeness (QED) is 0.675. The molecule has 1 N–H and O–H groups in total. The Morgan fingerprint density at radius 2 is 2.05 bits per heavy atom. The van der Waals surface area contributed by atoms with Crippen molar-refractivity contribution >= 4 is 5.69 Å². The van der Waals surface area contributed by atoms with Crippen molar-refractivity contribution in [1.82, 2.24) is 9.97 Å². The van der Waals surface area contributed by atoms with Crippen LogP contribution in [0, 0.1) is 17.0 Å². The first-order chi connectivity index (χ1) is 9.00. The van der Waals surface area contributed by atoms with E-state index in [9.17, 15) is 15.2 Å². The fourth-order valence-corrected chi connectivity index (χ4v) is 1.84. The summed E-state index contributed by atoms with van der Waals surface area (Å²) in [6, 6.07) is 6.31. The Kier molecular flexibility index (Phi) is 3.52. The molecule has 1 aromatic heterocycles. The number of benzene rings is 1. The fourth-order valence-electron chi connectivity index (χ4n) is 1.84. The maximum atomic E-state index is 11.0. The second-order valence-corrected chi connectivity index (χ2v) is 4.18. The van der Waals surface area contributed by atoms with Crippen LogP contribution in [0.4, 0.5) is 5.69 Å². The second kappa shape index (κ2) is 5.11. The van der Waals surface area contributed by atoms with Gasteiger partial charge in [-0.2, -0.15) is 0 Å². The summed E-state index contributed by atoms with van der Waals surface area (Å²) in [5.41, 5.74) is 1.56. The summed E-state index contributed by atoms with van der Waals surface area (Å²) in [5, 5.41) is 20.5. The number of nitro benzene ring substituents is 1. The van der Waals surface area contributed by atoms with Gasteiger partial charge in [-0.1, -0.05) is 12.1 Å². The summed E-state index contributed by atoms with van der Waals surface area (Å²) in [7, 11) is 0. The minimum absolute atomic E-state index is 0.0355. The van der Waals surface area contributed by atoms with E-state index in [1.165, 1.54) is 12.3 Å². The molecular formula is C13H13N3O3.